The summed E-state index contributed by atoms with van der Waals surface area (Å²) in [6, 6.07) is 0. The first-order chi connectivity index (χ1) is 5.35. The molecule has 1 atom stereocenters. The lowest BCUT2D eigenvalue weighted by atomic mass is 9.97. The third-order valence-corrected chi connectivity index (χ3v) is 2.86. The monoisotopic (exact) mass is 154 g/mol. The van der Waals surface area contributed by atoms with Crippen LogP contribution in [-0.4, -0.2) is 36.5 Å². The first-order valence-corrected chi connectivity index (χ1v) is 4.29. The number of hydrogen-bond acceptors (Lipinski definition) is 2. The van der Waals surface area contributed by atoms with E-state index in [1.165, 1.54) is 12.8 Å². The maximum absolute atomic E-state index is 10.4. The van der Waals surface area contributed by atoms with Gasteiger partial charge in [0.05, 0.1) is 0 Å². The van der Waals surface area contributed by atoms with Crippen LogP contribution in [0.4, 0.5) is 0 Å². The minimum Gasteiger partial charge on any atom is -0.343 e. The lowest BCUT2D eigenvalue weighted by Gasteiger charge is -2.22. The summed E-state index contributed by atoms with van der Waals surface area (Å²) < 4.78 is 0. The van der Waals surface area contributed by atoms with Gasteiger partial charge in [0.25, 0.3) is 0 Å². The second kappa shape index (κ2) is 2.48. The standard InChI is InChI=1S/C8H14N2O/c11-7-10-5-3-8(6-10)2-1-4-9-8/h7,9H,1-6H2. The highest BCUT2D eigenvalue weighted by Crippen LogP contribution is 2.28. The van der Waals surface area contributed by atoms with Crippen LogP contribution in [0.1, 0.15) is 19.3 Å². The van der Waals surface area contributed by atoms with Crippen LogP contribution in [0, 0.1) is 0 Å². The summed E-state index contributed by atoms with van der Waals surface area (Å²) in [4.78, 5) is 12.3. The van der Waals surface area contributed by atoms with Crippen LogP contribution in [0.25, 0.3) is 0 Å². The second-order valence-electron chi connectivity index (χ2n) is 3.64. The minimum atomic E-state index is 0.306. The second-order valence-corrected chi connectivity index (χ2v) is 3.64. The number of hydrogen-bond donors (Lipinski definition) is 1. The molecule has 2 aliphatic heterocycles. The van der Waals surface area contributed by atoms with Crippen LogP contribution < -0.4 is 5.32 Å². The number of amides is 1. The third kappa shape index (κ3) is 1.13. The highest BCUT2D eigenvalue weighted by molar-refractivity contribution is 5.48. The first-order valence-electron chi connectivity index (χ1n) is 4.29. The molecule has 1 unspecified atom stereocenters. The maximum atomic E-state index is 10.4. The molecule has 1 amide bonds. The van der Waals surface area contributed by atoms with E-state index < -0.39 is 0 Å². The van der Waals surface area contributed by atoms with E-state index in [0.717, 1.165) is 32.5 Å². The SMILES string of the molecule is O=CN1CCC2(CCCN2)C1. The number of rotatable bonds is 1. The van der Waals surface area contributed by atoms with Crippen molar-refractivity contribution in [2.75, 3.05) is 19.6 Å². The normalized spacial score (nSPS) is 36.9. The lowest BCUT2D eigenvalue weighted by molar-refractivity contribution is -0.117. The Bertz CT molecular complexity index is 163. The molecule has 0 bridgehead atoms. The van der Waals surface area contributed by atoms with Crippen molar-refractivity contribution >= 4 is 6.41 Å². The highest BCUT2D eigenvalue weighted by atomic mass is 16.1. The van der Waals surface area contributed by atoms with E-state index in [4.69, 9.17) is 0 Å². The largest absolute Gasteiger partial charge is 0.343 e. The van der Waals surface area contributed by atoms with Crippen molar-refractivity contribution in [3.63, 3.8) is 0 Å². The van der Waals surface area contributed by atoms with Crippen molar-refractivity contribution in [3.8, 4) is 0 Å². The Kier molecular flexibility index (Phi) is 1.60. The summed E-state index contributed by atoms with van der Waals surface area (Å²) in [6.45, 7) is 3.00. The molecule has 0 aromatic rings. The average Bonchev–Trinajstić information content (AvgIpc) is 2.62. The number of carbonyl (C=O) groups is 1. The fourth-order valence-electron chi connectivity index (χ4n) is 2.21. The van der Waals surface area contributed by atoms with Crippen LogP contribution in [0.5, 0.6) is 0 Å². The first kappa shape index (κ1) is 7.10. The van der Waals surface area contributed by atoms with Gasteiger partial charge in [-0.05, 0) is 25.8 Å². The zero-order valence-corrected chi connectivity index (χ0v) is 6.68. The van der Waals surface area contributed by atoms with Gasteiger partial charge in [-0.1, -0.05) is 0 Å². The van der Waals surface area contributed by atoms with Crippen LogP contribution in [0.3, 0.4) is 0 Å². The molecule has 1 N–H and O–H groups in total. The Hall–Kier alpha value is -0.570. The third-order valence-electron chi connectivity index (χ3n) is 2.86. The molecule has 0 aliphatic carbocycles. The molecule has 0 radical (unpaired) electrons. The summed E-state index contributed by atoms with van der Waals surface area (Å²) in [5.41, 5.74) is 0.306. The summed E-state index contributed by atoms with van der Waals surface area (Å²) in [6.07, 6.45) is 4.63. The van der Waals surface area contributed by atoms with Crippen LogP contribution >= 0.6 is 0 Å². The van der Waals surface area contributed by atoms with E-state index in [1.54, 1.807) is 0 Å². The zero-order valence-electron chi connectivity index (χ0n) is 6.68. The molecule has 0 saturated carbocycles. The summed E-state index contributed by atoms with van der Waals surface area (Å²) >= 11 is 0. The molecule has 2 rings (SSSR count). The van der Waals surface area contributed by atoms with Crippen LogP contribution in [0.2, 0.25) is 0 Å². The van der Waals surface area contributed by atoms with Gasteiger partial charge in [0, 0.05) is 18.6 Å². The smallest absolute Gasteiger partial charge is 0.209 e. The highest BCUT2D eigenvalue weighted by Gasteiger charge is 2.39. The predicted molar refractivity (Wildman–Crippen MR) is 42.2 cm³/mol. The molecular weight excluding hydrogens is 140 g/mol. The molecule has 1 spiro atoms. The van der Waals surface area contributed by atoms with Crippen molar-refractivity contribution in [2.45, 2.75) is 24.8 Å². The van der Waals surface area contributed by atoms with Gasteiger partial charge in [0.15, 0.2) is 0 Å². The van der Waals surface area contributed by atoms with Gasteiger partial charge < -0.3 is 10.2 Å². The molecule has 3 nitrogen and oxygen atoms in total. The van der Waals surface area contributed by atoms with Crippen LogP contribution in [0.15, 0.2) is 0 Å². The van der Waals surface area contributed by atoms with Crippen molar-refractivity contribution < 1.29 is 4.79 Å². The summed E-state index contributed by atoms with van der Waals surface area (Å²) in [5, 5.41) is 3.50. The molecular formula is C8H14N2O. The van der Waals surface area contributed by atoms with E-state index in [9.17, 15) is 4.79 Å². The molecule has 62 valence electrons. The van der Waals surface area contributed by atoms with E-state index in [2.05, 4.69) is 5.32 Å². The number of carbonyl (C=O) groups excluding carboxylic acids is 1. The average molecular weight is 154 g/mol. The Morgan fingerprint density at radius 2 is 2.36 bits per heavy atom. The van der Waals surface area contributed by atoms with Gasteiger partial charge in [-0.15, -0.1) is 0 Å². The summed E-state index contributed by atoms with van der Waals surface area (Å²) in [7, 11) is 0. The molecule has 2 fully saturated rings. The Morgan fingerprint density at radius 1 is 1.45 bits per heavy atom. The van der Waals surface area contributed by atoms with Gasteiger partial charge >= 0.3 is 0 Å². The molecule has 2 heterocycles. The molecule has 0 aromatic carbocycles. The van der Waals surface area contributed by atoms with E-state index in [1.807, 2.05) is 4.90 Å². The van der Waals surface area contributed by atoms with Gasteiger partial charge in [-0.3, -0.25) is 4.79 Å². The zero-order chi connectivity index (χ0) is 7.73. The van der Waals surface area contributed by atoms with E-state index >= 15 is 0 Å². The topological polar surface area (TPSA) is 32.3 Å². The summed E-state index contributed by atoms with van der Waals surface area (Å²) in [5.74, 6) is 0. The number of nitrogens with one attached hydrogen (secondary N) is 1. The van der Waals surface area contributed by atoms with Crippen molar-refractivity contribution in [3.05, 3.63) is 0 Å². The Labute approximate surface area is 66.8 Å². The number of likely N-dealkylation sites (tertiary alicyclic amines) is 1. The van der Waals surface area contributed by atoms with Crippen molar-refractivity contribution in [2.24, 2.45) is 0 Å². The quantitative estimate of drug-likeness (QED) is 0.538. The number of nitrogens with zero attached hydrogens (tertiary/aromatic N) is 1. The van der Waals surface area contributed by atoms with E-state index in [-0.39, 0.29) is 0 Å². The lowest BCUT2D eigenvalue weighted by Crippen LogP contribution is -2.42. The minimum absolute atomic E-state index is 0.306. The van der Waals surface area contributed by atoms with Crippen molar-refractivity contribution in [1.82, 2.24) is 10.2 Å². The van der Waals surface area contributed by atoms with Gasteiger partial charge in [0.1, 0.15) is 0 Å². The fourth-order valence-corrected chi connectivity index (χ4v) is 2.21. The van der Waals surface area contributed by atoms with Gasteiger partial charge in [0.2, 0.25) is 6.41 Å². The van der Waals surface area contributed by atoms with Gasteiger partial charge in [-0.25, -0.2) is 0 Å². The Morgan fingerprint density at radius 3 is 2.91 bits per heavy atom. The van der Waals surface area contributed by atoms with E-state index in [0.29, 0.717) is 5.54 Å². The Balaban J connectivity index is 2.01. The molecule has 0 aromatic heterocycles. The van der Waals surface area contributed by atoms with Gasteiger partial charge in [-0.2, -0.15) is 0 Å². The molecule has 11 heavy (non-hydrogen) atoms. The van der Waals surface area contributed by atoms with Crippen molar-refractivity contribution in [1.29, 1.82) is 0 Å². The predicted octanol–water partition coefficient (Wildman–Crippen LogP) is -0.0293. The molecule has 2 saturated heterocycles. The fraction of sp³-hybridized carbons (Fsp3) is 0.875. The maximum Gasteiger partial charge on any atom is 0.209 e. The molecule has 3 heteroatoms. The molecule has 2 aliphatic rings. The van der Waals surface area contributed by atoms with Crippen LogP contribution in [-0.2, 0) is 4.79 Å².